The summed E-state index contributed by atoms with van der Waals surface area (Å²) in [5, 5.41) is 10.3. The molecule has 0 aliphatic rings. The molecule has 0 heterocycles. The molecule has 1 radical (unpaired) electrons. The van der Waals surface area contributed by atoms with Gasteiger partial charge in [0.1, 0.15) is 0 Å². The molecule has 0 fully saturated rings. The molecule has 65 valence electrons. The quantitative estimate of drug-likeness (QED) is 0.604. The normalized spacial score (nSPS) is 15.9. The van der Waals surface area contributed by atoms with E-state index in [1.807, 2.05) is 13.8 Å². The van der Waals surface area contributed by atoms with E-state index in [4.69, 9.17) is 0 Å². The van der Waals surface area contributed by atoms with Gasteiger partial charge in [0.05, 0.1) is 6.42 Å². The minimum atomic E-state index is -0.928. The van der Waals surface area contributed by atoms with E-state index in [-0.39, 0.29) is 11.8 Å². The van der Waals surface area contributed by atoms with Gasteiger partial charge < -0.3 is 0 Å². The lowest BCUT2D eigenvalue weighted by Gasteiger charge is -2.24. The van der Waals surface area contributed by atoms with Gasteiger partial charge in [0.25, 0.3) is 0 Å². The molecule has 1 unspecified atom stereocenters. The van der Waals surface area contributed by atoms with Crippen LogP contribution in [0.25, 0.3) is 0 Å². The minimum absolute atomic E-state index is 0.0480. The van der Waals surface area contributed by atoms with Gasteiger partial charge in [-0.15, -0.1) is 0 Å². The predicted molar refractivity (Wildman–Crippen MR) is 43.6 cm³/mol. The summed E-state index contributed by atoms with van der Waals surface area (Å²) in [7, 11) is 0. The lowest BCUT2D eigenvalue weighted by molar-refractivity contribution is -0.145. The summed E-state index contributed by atoms with van der Waals surface area (Å²) in [6.45, 7) is 6.11. The third-order valence-electron chi connectivity index (χ3n) is 2.28. The fourth-order valence-electron chi connectivity index (χ4n) is 1.34. The molecule has 0 rings (SSSR count). The number of hydrogen-bond donors (Lipinski definition) is 0. The zero-order valence-corrected chi connectivity index (χ0v) is 7.64. The summed E-state index contributed by atoms with van der Waals surface area (Å²) in [6, 6.07) is 0. The van der Waals surface area contributed by atoms with Crippen LogP contribution in [-0.2, 0) is 9.90 Å². The van der Waals surface area contributed by atoms with Crippen LogP contribution in [0, 0.1) is 5.41 Å². The second-order valence-corrected chi connectivity index (χ2v) is 3.46. The lowest BCUT2D eigenvalue weighted by atomic mass is 9.80. The van der Waals surface area contributed by atoms with Crippen molar-refractivity contribution in [1.29, 1.82) is 0 Å². The van der Waals surface area contributed by atoms with Crippen molar-refractivity contribution >= 4 is 5.97 Å². The summed E-state index contributed by atoms with van der Waals surface area (Å²) in [6.07, 6.45) is 3.11. The monoisotopic (exact) mass is 157 g/mol. The van der Waals surface area contributed by atoms with Crippen LogP contribution in [0.2, 0.25) is 0 Å². The zero-order valence-electron chi connectivity index (χ0n) is 7.64. The second kappa shape index (κ2) is 4.37. The molecule has 2 heteroatoms. The highest BCUT2D eigenvalue weighted by Crippen LogP contribution is 2.31. The highest BCUT2D eigenvalue weighted by atomic mass is 16.4. The van der Waals surface area contributed by atoms with Gasteiger partial charge in [0.15, 0.2) is 0 Å². The highest BCUT2D eigenvalue weighted by Gasteiger charge is 2.24. The summed E-state index contributed by atoms with van der Waals surface area (Å²) in [4.78, 5) is 10.3. The van der Waals surface area contributed by atoms with Gasteiger partial charge >= 0.3 is 5.97 Å². The van der Waals surface area contributed by atoms with Crippen LogP contribution in [0.1, 0.15) is 46.5 Å². The first kappa shape index (κ1) is 10.5. The Kier molecular flexibility index (Phi) is 4.16. The first-order chi connectivity index (χ1) is 5.04. The van der Waals surface area contributed by atoms with Crippen molar-refractivity contribution in [2.24, 2.45) is 5.41 Å². The van der Waals surface area contributed by atoms with Crippen LogP contribution in [-0.4, -0.2) is 5.97 Å². The standard InChI is InChI=1S/C9H17O2/c1-4-6-9(3,5-2)7-8(10)11/h4-7H2,1-3H3. The third kappa shape index (κ3) is 4.02. The van der Waals surface area contributed by atoms with Crippen LogP contribution >= 0.6 is 0 Å². The Morgan fingerprint density at radius 1 is 1.36 bits per heavy atom. The van der Waals surface area contributed by atoms with Crippen molar-refractivity contribution in [3.05, 3.63) is 0 Å². The summed E-state index contributed by atoms with van der Waals surface area (Å²) >= 11 is 0. The van der Waals surface area contributed by atoms with Gasteiger partial charge in [-0.1, -0.05) is 33.6 Å². The maximum atomic E-state index is 10.3. The van der Waals surface area contributed by atoms with Crippen molar-refractivity contribution in [2.45, 2.75) is 46.5 Å². The Balaban J connectivity index is 3.98. The first-order valence-electron chi connectivity index (χ1n) is 4.24. The van der Waals surface area contributed by atoms with E-state index < -0.39 is 5.97 Å². The number of hydrogen-bond acceptors (Lipinski definition) is 1. The molecule has 0 aromatic rings. The van der Waals surface area contributed by atoms with Crippen LogP contribution in [0.5, 0.6) is 0 Å². The molecule has 11 heavy (non-hydrogen) atoms. The largest absolute Gasteiger partial charge is 0.356 e. The Hall–Kier alpha value is -0.530. The number of carbonyl (C=O) groups excluding carboxylic acids is 1. The van der Waals surface area contributed by atoms with E-state index >= 15 is 0 Å². The molecule has 0 aliphatic heterocycles. The molecular weight excluding hydrogens is 140 g/mol. The summed E-state index contributed by atoms with van der Waals surface area (Å²) < 4.78 is 0. The lowest BCUT2D eigenvalue weighted by Crippen LogP contribution is -2.18. The van der Waals surface area contributed by atoms with E-state index in [1.165, 1.54) is 0 Å². The molecule has 0 aromatic heterocycles. The SMILES string of the molecule is CCCC(C)(CC)CC([O])=O. The molecule has 0 saturated carbocycles. The van der Waals surface area contributed by atoms with Crippen molar-refractivity contribution in [1.82, 2.24) is 0 Å². The molecular formula is C9H17O2. The van der Waals surface area contributed by atoms with Crippen LogP contribution in [0.4, 0.5) is 0 Å². The van der Waals surface area contributed by atoms with E-state index in [1.54, 1.807) is 0 Å². The van der Waals surface area contributed by atoms with Gasteiger partial charge in [0.2, 0.25) is 0 Å². The average Bonchev–Trinajstić information content (AvgIpc) is 1.87. The molecule has 0 spiro atoms. The van der Waals surface area contributed by atoms with E-state index in [0.29, 0.717) is 0 Å². The Morgan fingerprint density at radius 3 is 2.18 bits per heavy atom. The summed E-state index contributed by atoms with van der Waals surface area (Å²) in [5.74, 6) is -0.928. The van der Waals surface area contributed by atoms with Gasteiger partial charge in [-0.3, -0.25) is 0 Å². The van der Waals surface area contributed by atoms with Crippen LogP contribution in [0.15, 0.2) is 0 Å². The fraction of sp³-hybridized carbons (Fsp3) is 0.889. The number of rotatable bonds is 5. The smallest absolute Gasteiger partial charge is 0.247 e. The Bertz CT molecular complexity index is 132. The van der Waals surface area contributed by atoms with E-state index in [9.17, 15) is 9.90 Å². The average molecular weight is 157 g/mol. The fourth-order valence-corrected chi connectivity index (χ4v) is 1.34. The van der Waals surface area contributed by atoms with Crippen molar-refractivity contribution in [3.8, 4) is 0 Å². The second-order valence-electron chi connectivity index (χ2n) is 3.46. The van der Waals surface area contributed by atoms with Crippen molar-refractivity contribution < 1.29 is 9.90 Å². The van der Waals surface area contributed by atoms with Gasteiger partial charge in [-0.25, -0.2) is 9.90 Å². The van der Waals surface area contributed by atoms with Crippen LogP contribution < -0.4 is 0 Å². The minimum Gasteiger partial charge on any atom is -0.247 e. The maximum absolute atomic E-state index is 10.3. The number of carbonyl (C=O) groups is 1. The zero-order chi connectivity index (χ0) is 8.91. The topological polar surface area (TPSA) is 37.0 Å². The molecule has 0 aliphatic carbocycles. The van der Waals surface area contributed by atoms with Crippen molar-refractivity contribution in [2.75, 3.05) is 0 Å². The molecule has 0 aromatic carbocycles. The van der Waals surface area contributed by atoms with Crippen LogP contribution in [0.3, 0.4) is 0 Å². The predicted octanol–water partition coefficient (Wildman–Crippen LogP) is 2.55. The van der Waals surface area contributed by atoms with Gasteiger partial charge in [-0.05, 0) is 11.8 Å². The molecule has 0 N–H and O–H groups in total. The van der Waals surface area contributed by atoms with E-state index in [0.717, 1.165) is 19.3 Å². The van der Waals surface area contributed by atoms with Crippen molar-refractivity contribution in [3.63, 3.8) is 0 Å². The first-order valence-corrected chi connectivity index (χ1v) is 4.24. The Morgan fingerprint density at radius 2 is 1.91 bits per heavy atom. The molecule has 0 amide bonds. The highest BCUT2D eigenvalue weighted by molar-refractivity contribution is 5.67. The summed E-state index contributed by atoms with van der Waals surface area (Å²) in [5.41, 5.74) is -0.0480. The maximum Gasteiger partial charge on any atom is 0.356 e. The Labute approximate surface area is 68.6 Å². The van der Waals surface area contributed by atoms with Gasteiger partial charge in [-0.2, -0.15) is 0 Å². The van der Waals surface area contributed by atoms with Gasteiger partial charge in [0, 0.05) is 0 Å². The molecule has 1 atom stereocenters. The molecule has 0 saturated heterocycles. The van der Waals surface area contributed by atoms with E-state index in [2.05, 4.69) is 6.92 Å². The molecule has 0 bridgehead atoms. The third-order valence-corrected chi connectivity index (χ3v) is 2.28. The molecule has 2 nitrogen and oxygen atoms in total.